The molecule has 0 bridgehead atoms. The normalized spacial score (nSPS) is 11.8. The van der Waals surface area contributed by atoms with Crippen molar-refractivity contribution in [2.75, 3.05) is 5.32 Å². The maximum absolute atomic E-state index is 13.2. The van der Waals surface area contributed by atoms with Gasteiger partial charge < -0.3 is 5.32 Å². The Morgan fingerprint density at radius 2 is 1.71 bits per heavy atom. The van der Waals surface area contributed by atoms with Gasteiger partial charge in [0, 0.05) is 16.4 Å². The smallest absolute Gasteiger partial charge is 0.229 e. The molecule has 0 atom stereocenters. The Labute approximate surface area is 186 Å². The van der Waals surface area contributed by atoms with Gasteiger partial charge in [0.2, 0.25) is 14.9 Å². The van der Waals surface area contributed by atoms with Gasteiger partial charge in [0.15, 0.2) is 5.65 Å². The minimum atomic E-state index is -3.87. The highest BCUT2D eigenvalue weighted by Crippen LogP contribution is 2.28. The zero-order valence-corrected chi connectivity index (χ0v) is 18.5. The van der Waals surface area contributed by atoms with Crippen LogP contribution >= 0.6 is 15.9 Å². The molecule has 3 aromatic carbocycles. The fourth-order valence-electron chi connectivity index (χ4n) is 3.40. The second-order valence-electron chi connectivity index (χ2n) is 6.91. The summed E-state index contributed by atoms with van der Waals surface area (Å²) in [5.74, 6) is 0.565. The van der Waals surface area contributed by atoms with E-state index in [1.54, 1.807) is 18.2 Å². The molecule has 1 N–H and O–H groups in total. The molecular weight excluding hydrogens is 478 g/mol. The van der Waals surface area contributed by atoms with Gasteiger partial charge in [0.25, 0.3) is 0 Å². The molecule has 0 unspecified atom stereocenters. The van der Waals surface area contributed by atoms with Gasteiger partial charge in [-0.1, -0.05) is 63.6 Å². The number of rotatable bonds is 5. The van der Waals surface area contributed by atoms with E-state index in [-0.39, 0.29) is 15.6 Å². The highest BCUT2D eigenvalue weighted by Gasteiger charge is 2.26. The number of hydrogen-bond acceptors (Lipinski definition) is 6. The molecule has 0 aliphatic heterocycles. The summed E-state index contributed by atoms with van der Waals surface area (Å²) in [5, 5.41) is 12.1. The number of sulfone groups is 1. The van der Waals surface area contributed by atoms with Crippen LogP contribution in [0.15, 0.2) is 93.3 Å². The second kappa shape index (κ2) is 7.75. The first kappa shape index (κ1) is 19.7. The molecule has 7 nitrogen and oxygen atoms in total. The topological polar surface area (TPSA) is 89.2 Å². The molecule has 0 saturated carbocycles. The van der Waals surface area contributed by atoms with Crippen LogP contribution in [0.5, 0.6) is 0 Å². The van der Waals surface area contributed by atoms with Crippen molar-refractivity contribution in [3.8, 4) is 0 Å². The van der Waals surface area contributed by atoms with Crippen molar-refractivity contribution in [1.82, 2.24) is 19.8 Å². The largest absolute Gasteiger partial charge is 0.365 e. The molecule has 31 heavy (non-hydrogen) atoms. The molecule has 2 heterocycles. The SMILES string of the molecule is O=S(=O)(c1ccccc1)c1nnn2c1nc(NCc1cccc(Br)c1)c1ccccc12. The van der Waals surface area contributed by atoms with Crippen molar-refractivity contribution in [3.05, 3.63) is 88.9 Å². The number of anilines is 1. The summed E-state index contributed by atoms with van der Waals surface area (Å²) in [6.45, 7) is 0.523. The number of aromatic nitrogens is 4. The summed E-state index contributed by atoms with van der Waals surface area (Å²) in [6.07, 6.45) is 0. The van der Waals surface area contributed by atoms with E-state index >= 15 is 0 Å². The number of benzene rings is 3. The molecule has 5 rings (SSSR count). The Morgan fingerprint density at radius 1 is 0.935 bits per heavy atom. The van der Waals surface area contributed by atoms with E-state index in [0.29, 0.717) is 17.9 Å². The third kappa shape index (κ3) is 3.55. The number of halogens is 1. The number of hydrogen-bond donors (Lipinski definition) is 1. The van der Waals surface area contributed by atoms with E-state index in [2.05, 4.69) is 36.5 Å². The summed E-state index contributed by atoms with van der Waals surface area (Å²) >= 11 is 3.48. The maximum atomic E-state index is 13.2. The van der Waals surface area contributed by atoms with Gasteiger partial charge in [-0.25, -0.2) is 13.4 Å². The number of fused-ring (bicyclic) bond motifs is 3. The Bertz CT molecular complexity index is 1520. The lowest BCUT2D eigenvalue weighted by molar-refractivity contribution is 0.592. The van der Waals surface area contributed by atoms with Gasteiger partial charge in [-0.2, -0.15) is 4.52 Å². The van der Waals surface area contributed by atoms with E-state index in [4.69, 9.17) is 0 Å². The third-order valence-corrected chi connectivity index (χ3v) is 7.04. The number of nitrogens with one attached hydrogen (secondary N) is 1. The first-order chi connectivity index (χ1) is 15.0. The first-order valence-corrected chi connectivity index (χ1v) is 11.7. The monoisotopic (exact) mass is 493 g/mol. The van der Waals surface area contributed by atoms with Gasteiger partial charge >= 0.3 is 0 Å². The van der Waals surface area contributed by atoms with Crippen molar-refractivity contribution >= 4 is 48.1 Å². The third-order valence-electron chi connectivity index (χ3n) is 4.88. The standard InChI is InChI=1S/C22H16BrN5O2S/c23-16-8-6-7-15(13-16)14-24-20-18-11-4-5-12-19(18)28-21(25-20)22(26-27-28)31(29,30)17-9-2-1-3-10-17/h1-13H,14H2,(H,24,25). The van der Waals surface area contributed by atoms with Gasteiger partial charge in [-0.05, 0) is 42.0 Å². The lowest BCUT2D eigenvalue weighted by Gasteiger charge is -2.11. The van der Waals surface area contributed by atoms with E-state index in [9.17, 15) is 8.42 Å². The van der Waals surface area contributed by atoms with Crippen LogP contribution in [-0.4, -0.2) is 28.2 Å². The second-order valence-corrected chi connectivity index (χ2v) is 9.69. The van der Waals surface area contributed by atoms with Crippen molar-refractivity contribution in [2.24, 2.45) is 0 Å². The lowest BCUT2D eigenvalue weighted by Crippen LogP contribution is -2.07. The van der Waals surface area contributed by atoms with Crippen LogP contribution in [0.3, 0.4) is 0 Å². The Kier molecular flexibility index (Phi) is 4.91. The maximum Gasteiger partial charge on any atom is 0.229 e. The van der Waals surface area contributed by atoms with Gasteiger partial charge in [0.1, 0.15) is 5.82 Å². The minimum Gasteiger partial charge on any atom is -0.365 e. The Morgan fingerprint density at radius 3 is 2.52 bits per heavy atom. The summed E-state index contributed by atoms with van der Waals surface area (Å²) in [4.78, 5) is 4.78. The van der Waals surface area contributed by atoms with Crippen molar-refractivity contribution < 1.29 is 8.42 Å². The highest BCUT2D eigenvalue weighted by molar-refractivity contribution is 9.10. The van der Waals surface area contributed by atoms with Crippen molar-refractivity contribution in [3.63, 3.8) is 0 Å². The van der Waals surface area contributed by atoms with E-state index in [1.165, 1.54) is 16.6 Å². The molecule has 5 aromatic rings. The average Bonchev–Trinajstić information content (AvgIpc) is 3.23. The quantitative estimate of drug-likeness (QED) is 0.388. The van der Waals surface area contributed by atoms with Crippen LogP contribution in [0.1, 0.15) is 5.56 Å². The minimum absolute atomic E-state index is 0.149. The van der Waals surface area contributed by atoms with Gasteiger partial charge in [-0.3, -0.25) is 0 Å². The predicted molar refractivity (Wildman–Crippen MR) is 122 cm³/mol. The molecule has 0 amide bonds. The van der Waals surface area contributed by atoms with Crippen molar-refractivity contribution in [2.45, 2.75) is 16.5 Å². The molecule has 0 aliphatic rings. The van der Waals surface area contributed by atoms with Crippen LogP contribution in [0.25, 0.3) is 16.6 Å². The highest BCUT2D eigenvalue weighted by atomic mass is 79.9. The summed E-state index contributed by atoms with van der Waals surface area (Å²) in [5.41, 5.74) is 1.95. The van der Waals surface area contributed by atoms with Crippen LogP contribution in [0.2, 0.25) is 0 Å². The first-order valence-electron chi connectivity index (χ1n) is 9.47. The van der Waals surface area contributed by atoms with Gasteiger partial charge in [0.05, 0.1) is 10.4 Å². The van der Waals surface area contributed by atoms with Crippen LogP contribution < -0.4 is 5.32 Å². The molecule has 2 aromatic heterocycles. The number of para-hydroxylation sites is 1. The molecule has 0 fully saturated rings. The summed E-state index contributed by atoms with van der Waals surface area (Å²) in [7, 11) is -3.87. The van der Waals surface area contributed by atoms with Crippen LogP contribution in [-0.2, 0) is 16.4 Å². The average molecular weight is 494 g/mol. The summed E-state index contributed by atoms with van der Waals surface area (Å²) < 4.78 is 28.8. The van der Waals surface area contributed by atoms with Gasteiger partial charge in [-0.15, -0.1) is 5.10 Å². The zero-order valence-electron chi connectivity index (χ0n) is 16.1. The summed E-state index contributed by atoms with van der Waals surface area (Å²) in [6, 6.07) is 23.7. The van der Waals surface area contributed by atoms with Crippen molar-refractivity contribution in [1.29, 1.82) is 0 Å². The zero-order chi connectivity index (χ0) is 21.4. The lowest BCUT2D eigenvalue weighted by atomic mass is 10.2. The van der Waals surface area contributed by atoms with E-state index in [0.717, 1.165) is 15.4 Å². The Hall–Kier alpha value is -3.30. The molecule has 0 aliphatic carbocycles. The molecule has 0 radical (unpaired) electrons. The fourth-order valence-corrected chi connectivity index (χ4v) is 5.10. The Balaban J connectivity index is 1.66. The molecule has 154 valence electrons. The molecule has 0 saturated heterocycles. The molecular formula is C22H16BrN5O2S. The van der Waals surface area contributed by atoms with Crippen LogP contribution in [0, 0.1) is 0 Å². The van der Waals surface area contributed by atoms with E-state index in [1.807, 2.05) is 48.5 Å². The molecule has 9 heteroatoms. The van der Waals surface area contributed by atoms with E-state index < -0.39 is 9.84 Å². The molecule has 0 spiro atoms. The van der Waals surface area contributed by atoms with Crippen LogP contribution in [0.4, 0.5) is 5.82 Å². The predicted octanol–water partition coefficient (Wildman–Crippen LogP) is 4.48. The fraction of sp³-hybridized carbons (Fsp3) is 0.0455. The number of nitrogens with zero attached hydrogens (tertiary/aromatic N) is 4.